The van der Waals surface area contributed by atoms with Gasteiger partial charge in [-0.25, -0.2) is 0 Å². The highest BCUT2D eigenvalue weighted by Crippen LogP contribution is 2.48. The molecule has 2 heteroatoms. The number of carbonyl (C=O) groups is 1. The molecule has 1 aromatic carbocycles. The van der Waals surface area contributed by atoms with Crippen LogP contribution in [0.5, 0.6) is 0 Å². The van der Waals surface area contributed by atoms with E-state index in [4.69, 9.17) is 4.74 Å². The van der Waals surface area contributed by atoms with E-state index >= 15 is 0 Å². The van der Waals surface area contributed by atoms with E-state index in [-0.39, 0.29) is 11.5 Å². The van der Waals surface area contributed by atoms with Crippen LogP contribution in [0.3, 0.4) is 0 Å². The molecule has 1 atom stereocenters. The Morgan fingerprint density at radius 1 is 1.24 bits per heavy atom. The maximum Gasteiger partial charge on any atom is 0.171 e. The van der Waals surface area contributed by atoms with Crippen molar-refractivity contribution in [2.75, 3.05) is 7.11 Å². The molecule has 0 heterocycles. The summed E-state index contributed by atoms with van der Waals surface area (Å²) in [5.74, 6) is 0.323. The van der Waals surface area contributed by atoms with Gasteiger partial charge in [0.05, 0.1) is 11.5 Å². The van der Waals surface area contributed by atoms with Crippen LogP contribution in [0.25, 0.3) is 0 Å². The van der Waals surface area contributed by atoms with Gasteiger partial charge in [0, 0.05) is 19.1 Å². The molecule has 1 fully saturated rings. The smallest absolute Gasteiger partial charge is 0.171 e. The maximum absolute atomic E-state index is 12.7. The van der Waals surface area contributed by atoms with Crippen LogP contribution in [-0.4, -0.2) is 19.0 Å². The minimum Gasteiger partial charge on any atom is -0.380 e. The monoisotopic (exact) mass is 230 g/mol. The second kappa shape index (κ2) is 3.95. The Bertz CT molecular complexity index is 444. The summed E-state index contributed by atoms with van der Waals surface area (Å²) in [6, 6.07) is 8.00. The van der Waals surface area contributed by atoms with Gasteiger partial charge in [-0.2, -0.15) is 0 Å². The summed E-state index contributed by atoms with van der Waals surface area (Å²) in [5.41, 5.74) is 1.87. The Labute approximate surface area is 102 Å². The molecule has 0 aliphatic heterocycles. The highest BCUT2D eigenvalue weighted by atomic mass is 16.5. The van der Waals surface area contributed by atoms with E-state index in [1.54, 1.807) is 7.11 Å². The molecule has 0 saturated heterocycles. The van der Waals surface area contributed by atoms with E-state index < -0.39 is 0 Å². The normalized spacial score (nSPS) is 26.2. The predicted octanol–water partition coefficient (Wildman–Crippen LogP) is 3.00. The lowest BCUT2D eigenvalue weighted by Gasteiger charge is -2.39. The molecule has 1 aromatic rings. The number of ether oxygens (including phenoxy) is 1. The van der Waals surface area contributed by atoms with Gasteiger partial charge in [-0.3, -0.25) is 4.79 Å². The van der Waals surface area contributed by atoms with E-state index in [0.29, 0.717) is 5.78 Å². The molecule has 2 nitrogen and oxygen atoms in total. The summed E-state index contributed by atoms with van der Waals surface area (Å²) < 4.78 is 5.64. The molecular weight excluding hydrogens is 212 g/mol. The molecule has 3 rings (SSSR count). The fourth-order valence-corrected chi connectivity index (χ4v) is 3.59. The molecule has 1 saturated carbocycles. The zero-order valence-corrected chi connectivity index (χ0v) is 10.2. The molecule has 0 N–H and O–H groups in total. The van der Waals surface area contributed by atoms with E-state index in [1.165, 1.54) is 0 Å². The summed E-state index contributed by atoms with van der Waals surface area (Å²) in [4.78, 5) is 12.7. The van der Waals surface area contributed by atoms with Gasteiger partial charge < -0.3 is 4.74 Å². The van der Waals surface area contributed by atoms with Crippen LogP contribution in [0, 0.1) is 5.41 Å². The minimum absolute atomic E-state index is 0.0763. The molecule has 0 radical (unpaired) electrons. The van der Waals surface area contributed by atoms with Gasteiger partial charge in [-0.05, 0) is 18.4 Å². The number of rotatable bonds is 1. The molecule has 0 bridgehead atoms. The van der Waals surface area contributed by atoms with Crippen LogP contribution in [0.1, 0.15) is 41.6 Å². The van der Waals surface area contributed by atoms with E-state index in [0.717, 1.165) is 43.2 Å². The lowest BCUT2D eigenvalue weighted by Crippen LogP contribution is -2.46. The summed E-state index contributed by atoms with van der Waals surface area (Å²) in [6.45, 7) is 0. The number of benzene rings is 1. The highest BCUT2D eigenvalue weighted by molar-refractivity contribution is 6.03. The highest BCUT2D eigenvalue weighted by Gasteiger charge is 2.51. The average molecular weight is 230 g/mol. The molecule has 1 spiro atoms. The van der Waals surface area contributed by atoms with Gasteiger partial charge in [0.25, 0.3) is 0 Å². The van der Waals surface area contributed by atoms with Crippen LogP contribution < -0.4 is 0 Å². The molecule has 17 heavy (non-hydrogen) atoms. The third kappa shape index (κ3) is 1.47. The molecular formula is C15H18O2. The Morgan fingerprint density at radius 2 is 1.94 bits per heavy atom. The van der Waals surface area contributed by atoms with E-state index in [1.807, 2.05) is 18.2 Å². The number of carbonyl (C=O) groups excluding carboxylic acids is 1. The number of ketones is 1. The molecule has 2 aliphatic rings. The van der Waals surface area contributed by atoms with Crippen molar-refractivity contribution < 1.29 is 9.53 Å². The summed E-state index contributed by atoms with van der Waals surface area (Å²) in [7, 11) is 1.74. The third-order valence-electron chi connectivity index (χ3n) is 4.52. The first-order valence-electron chi connectivity index (χ1n) is 6.43. The first kappa shape index (κ1) is 11.0. The lowest BCUT2D eigenvalue weighted by molar-refractivity contribution is -0.00521. The minimum atomic E-state index is -0.219. The Balaban J connectivity index is 2.09. The summed E-state index contributed by atoms with van der Waals surface area (Å²) in [5, 5.41) is 0. The average Bonchev–Trinajstić information content (AvgIpc) is 2.84. The fraction of sp³-hybridized carbons (Fsp3) is 0.533. The van der Waals surface area contributed by atoms with Crippen molar-refractivity contribution >= 4 is 5.78 Å². The van der Waals surface area contributed by atoms with Gasteiger partial charge in [0.1, 0.15) is 0 Å². The number of hydrogen-bond donors (Lipinski definition) is 0. The molecule has 90 valence electrons. The zero-order chi connectivity index (χ0) is 11.9. The molecule has 2 aliphatic carbocycles. The topological polar surface area (TPSA) is 26.3 Å². The first-order valence-corrected chi connectivity index (χ1v) is 6.43. The van der Waals surface area contributed by atoms with Crippen LogP contribution in [0.2, 0.25) is 0 Å². The second-order valence-electron chi connectivity index (χ2n) is 5.28. The van der Waals surface area contributed by atoms with Crippen molar-refractivity contribution in [3.8, 4) is 0 Å². The molecule has 1 unspecified atom stereocenters. The fourth-order valence-electron chi connectivity index (χ4n) is 3.59. The van der Waals surface area contributed by atoms with Crippen molar-refractivity contribution in [3.05, 3.63) is 35.4 Å². The van der Waals surface area contributed by atoms with Crippen molar-refractivity contribution in [2.45, 2.75) is 38.2 Å². The van der Waals surface area contributed by atoms with Gasteiger partial charge >= 0.3 is 0 Å². The van der Waals surface area contributed by atoms with Gasteiger partial charge in [-0.15, -0.1) is 0 Å². The van der Waals surface area contributed by atoms with Crippen LogP contribution >= 0.6 is 0 Å². The van der Waals surface area contributed by atoms with Crippen LogP contribution in [0.4, 0.5) is 0 Å². The summed E-state index contributed by atoms with van der Waals surface area (Å²) in [6.07, 6.45) is 5.28. The maximum atomic E-state index is 12.7. The number of Topliss-reactive ketones (excluding diaryl/α,β-unsaturated/α-hetero) is 1. The largest absolute Gasteiger partial charge is 0.380 e. The van der Waals surface area contributed by atoms with Crippen LogP contribution in [0.15, 0.2) is 24.3 Å². The zero-order valence-electron chi connectivity index (χ0n) is 10.2. The van der Waals surface area contributed by atoms with E-state index in [9.17, 15) is 4.79 Å². The first-order chi connectivity index (χ1) is 8.28. The van der Waals surface area contributed by atoms with Gasteiger partial charge in [0.2, 0.25) is 0 Å². The third-order valence-corrected chi connectivity index (χ3v) is 4.52. The second-order valence-corrected chi connectivity index (χ2v) is 5.28. The van der Waals surface area contributed by atoms with Gasteiger partial charge in [-0.1, -0.05) is 37.1 Å². The van der Waals surface area contributed by atoms with Crippen molar-refractivity contribution in [2.24, 2.45) is 5.41 Å². The lowest BCUT2D eigenvalue weighted by atomic mass is 9.67. The Kier molecular flexibility index (Phi) is 2.55. The SMILES string of the molecule is COC1Cc2ccccc2C(=O)C12CCCC2. The number of hydrogen-bond acceptors (Lipinski definition) is 2. The molecule has 0 aromatic heterocycles. The predicted molar refractivity (Wildman–Crippen MR) is 66.2 cm³/mol. The summed E-state index contributed by atoms with van der Waals surface area (Å²) >= 11 is 0. The van der Waals surface area contributed by atoms with E-state index in [2.05, 4.69) is 6.07 Å². The van der Waals surface area contributed by atoms with Gasteiger partial charge in [0.15, 0.2) is 5.78 Å². The number of methoxy groups -OCH3 is 1. The number of fused-ring (bicyclic) bond motifs is 1. The van der Waals surface area contributed by atoms with Crippen molar-refractivity contribution in [3.63, 3.8) is 0 Å². The van der Waals surface area contributed by atoms with Crippen LogP contribution in [-0.2, 0) is 11.2 Å². The quantitative estimate of drug-likeness (QED) is 0.741. The Morgan fingerprint density at radius 3 is 2.65 bits per heavy atom. The standard InChI is InChI=1S/C15H18O2/c1-17-13-10-11-6-2-3-7-12(11)14(16)15(13)8-4-5-9-15/h2-3,6-7,13H,4-5,8-10H2,1H3. The van der Waals surface area contributed by atoms with Crippen molar-refractivity contribution in [1.29, 1.82) is 0 Å². The Hall–Kier alpha value is -1.15. The molecule has 0 amide bonds. The van der Waals surface area contributed by atoms with Crippen molar-refractivity contribution in [1.82, 2.24) is 0 Å².